The highest BCUT2D eigenvalue weighted by molar-refractivity contribution is 5.93. The van der Waals surface area contributed by atoms with Gasteiger partial charge in [-0.3, -0.25) is 9.59 Å². The lowest BCUT2D eigenvalue weighted by molar-refractivity contribution is -0.132. The number of rotatable bonds is 6. The fourth-order valence-electron chi connectivity index (χ4n) is 2.57. The molecule has 1 fully saturated rings. The molecular weight excluding hydrogens is 318 g/mol. The summed E-state index contributed by atoms with van der Waals surface area (Å²) in [5, 5.41) is 3.29. The van der Waals surface area contributed by atoms with Gasteiger partial charge >= 0.3 is 0 Å². The minimum atomic E-state index is -0.493. The predicted molar refractivity (Wildman–Crippen MR) is 91.0 cm³/mol. The van der Waals surface area contributed by atoms with Crippen LogP contribution in [0.25, 0.3) is 0 Å². The first kappa shape index (κ1) is 19.3. The van der Waals surface area contributed by atoms with Gasteiger partial charge in [0.25, 0.3) is 0 Å². The second-order valence-corrected chi connectivity index (χ2v) is 5.48. The number of nitrogens with two attached hydrogens (primary N) is 1. The van der Waals surface area contributed by atoms with E-state index in [0.29, 0.717) is 23.8 Å². The molecule has 1 saturated heterocycles. The van der Waals surface area contributed by atoms with E-state index in [1.54, 1.807) is 24.3 Å². The normalized spacial score (nSPS) is 14.7. The van der Waals surface area contributed by atoms with Gasteiger partial charge in [0.15, 0.2) is 0 Å². The third-order valence-corrected chi connectivity index (χ3v) is 3.95. The van der Waals surface area contributed by atoms with Crippen molar-refractivity contribution in [1.82, 2.24) is 10.2 Å². The fraction of sp³-hybridized carbons (Fsp3) is 0.500. The average molecular weight is 342 g/mol. The highest BCUT2D eigenvalue weighted by atomic mass is 35.5. The van der Waals surface area contributed by atoms with Gasteiger partial charge in [0.2, 0.25) is 11.8 Å². The number of piperidine rings is 1. The van der Waals surface area contributed by atoms with Crippen LogP contribution in [0.1, 0.15) is 29.6 Å². The van der Waals surface area contributed by atoms with Crippen molar-refractivity contribution in [1.29, 1.82) is 0 Å². The molecule has 1 aliphatic rings. The second kappa shape index (κ2) is 9.37. The first-order valence-corrected chi connectivity index (χ1v) is 7.57. The van der Waals surface area contributed by atoms with Crippen molar-refractivity contribution in [2.45, 2.75) is 25.3 Å². The number of amides is 2. The van der Waals surface area contributed by atoms with E-state index < -0.39 is 5.91 Å². The van der Waals surface area contributed by atoms with Crippen LogP contribution in [-0.4, -0.2) is 49.5 Å². The number of ether oxygens (including phenoxy) is 1. The van der Waals surface area contributed by atoms with E-state index in [2.05, 4.69) is 5.32 Å². The zero-order valence-corrected chi connectivity index (χ0v) is 14.1. The van der Waals surface area contributed by atoms with E-state index in [9.17, 15) is 9.59 Å². The smallest absolute Gasteiger partial charge is 0.248 e. The van der Waals surface area contributed by atoms with Gasteiger partial charge in [0, 0.05) is 18.7 Å². The molecule has 2 rings (SSSR count). The molecule has 0 atom stereocenters. The van der Waals surface area contributed by atoms with E-state index >= 15 is 0 Å². The molecule has 0 aliphatic carbocycles. The Bertz CT molecular complexity index is 533. The standard InChI is InChI=1S/C16H23N3O3.ClH/c1-19(13-5-8-18-9-6-13)15(20)7-10-22-14-4-2-3-12(11-14)16(17)21;/h2-4,11,13,18H,5-10H2,1H3,(H2,17,21);1H. The van der Waals surface area contributed by atoms with Crippen molar-refractivity contribution in [3.63, 3.8) is 0 Å². The molecule has 0 bridgehead atoms. The fourth-order valence-corrected chi connectivity index (χ4v) is 2.57. The Labute approximate surface area is 142 Å². The quantitative estimate of drug-likeness (QED) is 0.814. The molecule has 1 heterocycles. The summed E-state index contributed by atoms with van der Waals surface area (Å²) in [6.45, 7) is 2.20. The van der Waals surface area contributed by atoms with Gasteiger partial charge in [-0.15, -0.1) is 12.4 Å². The summed E-state index contributed by atoms with van der Waals surface area (Å²) in [5.41, 5.74) is 5.62. The number of halogens is 1. The Kier molecular flexibility index (Phi) is 7.85. The topological polar surface area (TPSA) is 84.7 Å². The number of nitrogens with zero attached hydrogens (tertiary/aromatic N) is 1. The summed E-state index contributed by atoms with van der Waals surface area (Å²) in [7, 11) is 1.85. The number of nitrogens with one attached hydrogen (secondary N) is 1. The second-order valence-electron chi connectivity index (χ2n) is 5.48. The van der Waals surface area contributed by atoms with Gasteiger partial charge in [0.1, 0.15) is 5.75 Å². The van der Waals surface area contributed by atoms with E-state index in [4.69, 9.17) is 10.5 Å². The van der Waals surface area contributed by atoms with Crippen LogP contribution in [0, 0.1) is 0 Å². The minimum absolute atomic E-state index is 0. The van der Waals surface area contributed by atoms with Crippen LogP contribution in [0.3, 0.4) is 0 Å². The Hall–Kier alpha value is -1.79. The van der Waals surface area contributed by atoms with Crippen LogP contribution < -0.4 is 15.8 Å². The van der Waals surface area contributed by atoms with Crippen LogP contribution >= 0.6 is 12.4 Å². The zero-order valence-electron chi connectivity index (χ0n) is 13.3. The van der Waals surface area contributed by atoms with Crippen LogP contribution in [0.5, 0.6) is 5.75 Å². The first-order chi connectivity index (χ1) is 10.6. The highest BCUT2D eigenvalue weighted by Crippen LogP contribution is 2.14. The molecule has 23 heavy (non-hydrogen) atoms. The highest BCUT2D eigenvalue weighted by Gasteiger charge is 2.21. The largest absolute Gasteiger partial charge is 0.493 e. The molecular formula is C16H24ClN3O3. The molecule has 0 spiro atoms. The molecule has 2 amide bonds. The number of hydrogen-bond donors (Lipinski definition) is 2. The summed E-state index contributed by atoms with van der Waals surface area (Å²) >= 11 is 0. The third kappa shape index (κ3) is 5.73. The SMILES string of the molecule is CN(C(=O)CCOc1cccc(C(N)=O)c1)C1CCNCC1.Cl. The van der Waals surface area contributed by atoms with E-state index in [1.165, 1.54) is 0 Å². The van der Waals surface area contributed by atoms with Crippen LogP contribution in [0.4, 0.5) is 0 Å². The number of benzene rings is 1. The van der Waals surface area contributed by atoms with Gasteiger partial charge in [-0.1, -0.05) is 6.07 Å². The lowest BCUT2D eigenvalue weighted by Gasteiger charge is -2.31. The maximum atomic E-state index is 12.2. The summed E-state index contributed by atoms with van der Waals surface area (Å²) in [6.07, 6.45) is 2.30. The molecule has 3 N–H and O–H groups in total. The lowest BCUT2D eigenvalue weighted by Crippen LogP contribution is -2.44. The Morgan fingerprint density at radius 1 is 1.35 bits per heavy atom. The van der Waals surface area contributed by atoms with Gasteiger partial charge in [0.05, 0.1) is 13.0 Å². The van der Waals surface area contributed by atoms with Crippen LogP contribution in [0.15, 0.2) is 24.3 Å². The van der Waals surface area contributed by atoms with Crippen molar-refractivity contribution in [3.8, 4) is 5.75 Å². The van der Waals surface area contributed by atoms with Crippen molar-refractivity contribution in [2.75, 3.05) is 26.7 Å². The van der Waals surface area contributed by atoms with Gasteiger partial charge < -0.3 is 20.7 Å². The van der Waals surface area contributed by atoms with Crippen molar-refractivity contribution in [2.24, 2.45) is 5.73 Å². The predicted octanol–water partition coefficient (Wildman–Crippen LogP) is 1.19. The molecule has 6 nitrogen and oxygen atoms in total. The van der Waals surface area contributed by atoms with E-state index in [1.807, 2.05) is 11.9 Å². The Balaban J connectivity index is 0.00000264. The van der Waals surface area contributed by atoms with Crippen LogP contribution in [0.2, 0.25) is 0 Å². The van der Waals surface area contributed by atoms with Crippen molar-refractivity contribution in [3.05, 3.63) is 29.8 Å². The molecule has 0 aromatic heterocycles. The molecule has 1 aromatic carbocycles. The molecule has 1 aromatic rings. The minimum Gasteiger partial charge on any atom is -0.493 e. The maximum absolute atomic E-state index is 12.2. The molecule has 0 radical (unpaired) electrons. The Morgan fingerprint density at radius 2 is 2.04 bits per heavy atom. The first-order valence-electron chi connectivity index (χ1n) is 7.57. The number of carbonyl (C=O) groups excluding carboxylic acids is 2. The zero-order chi connectivity index (χ0) is 15.9. The summed E-state index contributed by atoms with van der Waals surface area (Å²) < 4.78 is 5.54. The number of primary amides is 1. The van der Waals surface area contributed by atoms with Gasteiger partial charge in [-0.25, -0.2) is 0 Å². The number of hydrogen-bond acceptors (Lipinski definition) is 4. The Morgan fingerprint density at radius 3 is 2.70 bits per heavy atom. The van der Waals surface area contributed by atoms with E-state index in [-0.39, 0.29) is 24.9 Å². The van der Waals surface area contributed by atoms with Gasteiger partial charge in [-0.2, -0.15) is 0 Å². The third-order valence-electron chi connectivity index (χ3n) is 3.95. The average Bonchev–Trinajstić information content (AvgIpc) is 2.55. The molecule has 0 unspecified atom stereocenters. The summed E-state index contributed by atoms with van der Waals surface area (Å²) in [4.78, 5) is 25.1. The van der Waals surface area contributed by atoms with Crippen molar-refractivity contribution < 1.29 is 14.3 Å². The maximum Gasteiger partial charge on any atom is 0.248 e. The monoisotopic (exact) mass is 341 g/mol. The molecule has 128 valence electrons. The summed E-state index contributed by atoms with van der Waals surface area (Å²) in [5.74, 6) is 0.138. The van der Waals surface area contributed by atoms with Crippen molar-refractivity contribution >= 4 is 24.2 Å². The van der Waals surface area contributed by atoms with Crippen LogP contribution in [-0.2, 0) is 4.79 Å². The molecule has 7 heteroatoms. The van der Waals surface area contributed by atoms with E-state index in [0.717, 1.165) is 25.9 Å². The number of carbonyl (C=O) groups is 2. The lowest BCUT2D eigenvalue weighted by atomic mass is 10.1. The molecule has 0 saturated carbocycles. The van der Waals surface area contributed by atoms with Gasteiger partial charge in [-0.05, 0) is 44.1 Å². The summed E-state index contributed by atoms with van der Waals surface area (Å²) in [6, 6.07) is 6.98. The molecule has 1 aliphatic heterocycles.